The molecule has 0 heterocycles. The quantitative estimate of drug-likeness (QED) is 0.654. The first-order valence-electron chi connectivity index (χ1n) is 4.61. The molecule has 15 heavy (non-hydrogen) atoms. The summed E-state index contributed by atoms with van der Waals surface area (Å²) in [7, 11) is -4.25. The lowest BCUT2D eigenvalue weighted by Gasteiger charge is -2.12. The molecule has 0 aliphatic heterocycles. The Bertz CT molecular complexity index is 217. The van der Waals surface area contributed by atoms with E-state index in [9.17, 15) is 8.42 Å². The third-order valence-electron chi connectivity index (χ3n) is 2.00. The van der Waals surface area contributed by atoms with E-state index in [0.717, 1.165) is 25.7 Å². The van der Waals surface area contributed by atoms with Crippen LogP contribution in [0.5, 0.6) is 0 Å². The molecule has 0 aliphatic rings. The van der Waals surface area contributed by atoms with Gasteiger partial charge in [-0.25, -0.2) is 4.18 Å². The van der Waals surface area contributed by atoms with Crippen LogP contribution in [0.4, 0.5) is 0 Å². The minimum Gasteiger partial charge on any atom is -0.412 e. The number of rotatable bonds is 7. The van der Waals surface area contributed by atoms with E-state index >= 15 is 0 Å². The Hall–Kier alpha value is -0.210. The highest BCUT2D eigenvalue weighted by Crippen LogP contribution is 2.13. The van der Waals surface area contributed by atoms with Gasteiger partial charge < -0.3 is 11.6 Å². The predicted molar refractivity (Wildman–Crippen MR) is 59.4 cm³/mol. The number of unbranched alkanes of at least 4 members (excludes halogenated alkanes) is 1. The molecule has 0 bridgehead atoms. The lowest BCUT2D eigenvalue weighted by molar-refractivity contribution is 0.211. The third-order valence-corrected chi connectivity index (χ3v) is 2.43. The van der Waals surface area contributed by atoms with Gasteiger partial charge >= 0.3 is 10.4 Å². The van der Waals surface area contributed by atoms with Crippen molar-refractivity contribution in [2.45, 2.75) is 39.5 Å². The molecule has 7 heteroatoms. The van der Waals surface area contributed by atoms with Crippen molar-refractivity contribution >= 4 is 10.4 Å². The van der Waals surface area contributed by atoms with E-state index in [-0.39, 0.29) is 24.2 Å². The van der Waals surface area contributed by atoms with Crippen LogP contribution in [0.3, 0.4) is 0 Å². The molecule has 0 aromatic rings. The van der Waals surface area contributed by atoms with Crippen LogP contribution >= 0.6 is 0 Å². The summed E-state index contributed by atoms with van der Waals surface area (Å²) in [6, 6.07) is 0. The fraction of sp³-hybridized carbons (Fsp3) is 1.00. The van der Waals surface area contributed by atoms with Gasteiger partial charge in [0.1, 0.15) is 0 Å². The summed E-state index contributed by atoms with van der Waals surface area (Å²) in [6.07, 6.45) is 3.97. The Morgan fingerprint density at radius 3 is 2.20 bits per heavy atom. The van der Waals surface area contributed by atoms with Crippen LogP contribution in [-0.2, 0) is 14.6 Å². The van der Waals surface area contributed by atoms with E-state index in [2.05, 4.69) is 11.1 Å². The smallest absolute Gasteiger partial charge is 0.397 e. The zero-order valence-electron chi connectivity index (χ0n) is 9.40. The van der Waals surface area contributed by atoms with Crippen LogP contribution in [0, 0.1) is 5.92 Å². The predicted octanol–water partition coefficient (Wildman–Crippen LogP) is 1.36. The van der Waals surface area contributed by atoms with Crippen LogP contribution < -0.4 is 6.15 Å². The standard InChI is InChI=1S/C8H18O4S.H3N.H2O/c1-3-5-6-8(4-2)7-12-13(9,10)11;;/h8H,3-7H2,1-2H3,(H,9,10,11);1H3;1H2. The van der Waals surface area contributed by atoms with Crippen LogP contribution in [-0.4, -0.2) is 25.1 Å². The highest BCUT2D eigenvalue weighted by Gasteiger charge is 2.11. The molecule has 0 aromatic heterocycles. The van der Waals surface area contributed by atoms with E-state index in [1.54, 1.807) is 0 Å². The SMILES string of the molecule is CCCCC(CC)COS(=O)(=O)O.N.O. The van der Waals surface area contributed by atoms with Crippen molar-refractivity contribution in [3.05, 3.63) is 0 Å². The molecule has 6 nitrogen and oxygen atoms in total. The first-order valence-corrected chi connectivity index (χ1v) is 5.98. The summed E-state index contributed by atoms with van der Waals surface area (Å²) < 4.78 is 33.2. The number of hydrogen-bond acceptors (Lipinski definition) is 4. The van der Waals surface area contributed by atoms with Gasteiger partial charge in [0.2, 0.25) is 0 Å². The van der Waals surface area contributed by atoms with Gasteiger partial charge in [-0.2, -0.15) is 8.42 Å². The second-order valence-electron chi connectivity index (χ2n) is 3.13. The molecule has 0 aromatic carbocycles. The zero-order valence-corrected chi connectivity index (χ0v) is 10.2. The topological polar surface area (TPSA) is 130 Å². The normalized spacial score (nSPS) is 12.5. The Morgan fingerprint density at radius 1 is 1.33 bits per heavy atom. The maximum Gasteiger partial charge on any atom is 0.397 e. The van der Waals surface area contributed by atoms with Gasteiger partial charge in [-0.05, 0) is 12.3 Å². The van der Waals surface area contributed by atoms with E-state index in [0.29, 0.717) is 0 Å². The van der Waals surface area contributed by atoms with Gasteiger partial charge in [-0.3, -0.25) is 4.55 Å². The van der Waals surface area contributed by atoms with Crippen molar-refractivity contribution in [1.82, 2.24) is 6.15 Å². The Balaban J connectivity index is -0.000000720. The fourth-order valence-corrected chi connectivity index (χ4v) is 1.44. The largest absolute Gasteiger partial charge is 0.412 e. The van der Waals surface area contributed by atoms with Gasteiger partial charge in [0, 0.05) is 0 Å². The monoisotopic (exact) mass is 245 g/mol. The summed E-state index contributed by atoms with van der Waals surface area (Å²) in [5.41, 5.74) is 0. The second kappa shape index (κ2) is 10.3. The molecule has 6 N–H and O–H groups in total. The van der Waals surface area contributed by atoms with Crippen molar-refractivity contribution in [2.75, 3.05) is 6.61 Å². The Morgan fingerprint density at radius 2 is 1.87 bits per heavy atom. The first kappa shape index (κ1) is 20.2. The second-order valence-corrected chi connectivity index (χ2v) is 4.22. The van der Waals surface area contributed by atoms with Crippen molar-refractivity contribution in [1.29, 1.82) is 0 Å². The minimum atomic E-state index is -4.25. The lowest BCUT2D eigenvalue weighted by atomic mass is 10.0. The zero-order chi connectivity index (χ0) is 10.3. The summed E-state index contributed by atoms with van der Waals surface area (Å²) in [6.45, 7) is 4.15. The van der Waals surface area contributed by atoms with Gasteiger partial charge in [0.15, 0.2) is 0 Å². The summed E-state index contributed by atoms with van der Waals surface area (Å²) in [5, 5.41) is 0. The maximum absolute atomic E-state index is 10.3. The molecule has 1 unspecified atom stereocenters. The van der Waals surface area contributed by atoms with Gasteiger partial charge in [-0.1, -0.05) is 33.1 Å². The van der Waals surface area contributed by atoms with Crippen molar-refractivity contribution in [2.24, 2.45) is 5.92 Å². The van der Waals surface area contributed by atoms with Crippen molar-refractivity contribution in [3.8, 4) is 0 Å². The molecule has 0 radical (unpaired) electrons. The molecule has 0 spiro atoms. The first-order chi connectivity index (χ1) is 5.99. The van der Waals surface area contributed by atoms with Crippen LogP contribution in [0.25, 0.3) is 0 Å². The van der Waals surface area contributed by atoms with Crippen LogP contribution in [0.2, 0.25) is 0 Å². The molecule has 1 atom stereocenters. The van der Waals surface area contributed by atoms with E-state index in [1.807, 2.05) is 6.92 Å². The van der Waals surface area contributed by atoms with E-state index in [1.165, 1.54) is 0 Å². The number of hydrogen-bond donors (Lipinski definition) is 2. The molecule has 0 amide bonds. The van der Waals surface area contributed by atoms with E-state index < -0.39 is 10.4 Å². The molecule has 0 fully saturated rings. The minimum absolute atomic E-state index is 0. The highest BCUT2D eigenvalue weighted by atomic mass is 32.3. The average molecular weight is 245 g/mol. The lowest BCUT2D eigenvalue weighted by Crippen LogP contribution is -2.13. The Labute approximate surface area is 91.9 Å². The maximum atomic E-state index is 10.3. The molecule has 0 rings (SSSR count). The summed E-state index contributed by atoms with van der Waals surface area (Å²) in [4.78, 5) is 0. The fourth-order valence-electron chi connectivity index (χ4n) is 1.08. The van der Waals surface area contributed by atoms with Gasteiger partial charge in [0.05, 0.1) is 6.61 Å². The summed E-state index contributed by atoms with van der Waals surface area (Å²) >= 11 is 0. The highest BCUT2D eigenvalue weighted by molar-refractivity contribution is 7.80. The average Bonchev–Trinajstić information content (AvgIpc) is 2.03. The van der Waals surface area contributed by atoms with Gasteiger partial charge in [-0.15, -0.1) is 0 Å². The van der Waals surface area contributed by atoms with Crippen LogP contribution in [0.15, 0.2) is 0 Å². The molecule has 0 saturated carbocycles. The summed E-state index contributed by atoms with van der Waals surface area (Å²) in [5.74, 6) is 0.224. The van der Waals surface area contributed by atoms with Gasteiger partial charge in [0.25, 0.3) is 0 Å². The Kier molecular flexibility index (Phi) is 13.9. The van der Waals surface area contributed by atoms with E-state index in [4.69, 9.17) is 4.55 Å². The molecule has 0 saturated heterocycles. The molecule has 0 aliphatic carbocycles. The van der Waals surface area contributed by atoms with Crippen molar-refractivity contribution in [3.63, 3.8) is 0 Å². The third kappa shape index (κ3) is 13.8. The van der Waals surface area contributed by atoms with Crippen LogP contribution in [0.1, 0.15) is 39.5 Å². The molecular formula is C8H23NO5S. The molecule has 96 valence electrons. The molecular weight excluding hydrogens is 222 g/mol. The van der Waals surface area contributed by atoms with Crippen molar-refractivity contribution < 1.29 is 22.6 Å².